The van der Waals surface area contributed by atoms with Gasteiger partial charge in [0.1, 0.15) is 23.1 Å². The van der Waals surface area contributed by atoms with Gasteiger partial charge in [0.05, 0.1) is 48.2 Å². The van der Waals surface area contributed by atoms with Crippen LogP contribution in [0.1, 0.15) is 32.0 Å². The maximum atomic E-state index is 13.2. The second kappa shape index (κ2) is 13.4. The number of aromatic nitrogens is 2. The van der Waals surface area contributed by atoms with Crippen LogP contribution in [-0.2, 0) is 16.7 Å². The standard InChI is InChI=1S/C35H38ClN7O5S/c1-35(2,3)30-18-31(43(39-30)23-8-10-27(44)25(36)16-23)38-33(46)37-19-22-6-4-5-7-28(22)48-24-9-11-29-26(17-24)42-32(45)20-41(34(42)49-29)21-40-12-14-47-15-13-40/h4-11,16-18,20,34,44-45H,12-15,19,21H2,1-3H3,(H2,37,38,46). The molecule has 1 unspecified atom stereocenters. The Morgan fingerprint density at radius 1 is 1.08 bits per heavy atom. The van der Waals surface area contributed by atoms with Crippen LogP contribution in [0.2, 0.25) is 5.02 Å². The van der Waals surface area contributed by atoms with Gasteiger partial charge in [0.2, 0.25) is 5.88 Å². The summed E-state index contributed by atoms with van der Waals surface area (Å²) in [6.07, 6.45) is 1.80. The highest BCUT2D eigenvalue weighted by Gasteiger charge is 2.41. The van der Waals surface area contributed by atoms with Gasteiger partial charge in [-0.25, -0.2) is 9.48 Å². The fourth-order valence-electron chi connectivity index (χ4n) is 5.82. The molecule has 3 aliphatic rings. The number of rotatable bonds is 8. The molecule has 4 aromatic rings. The Hall–Kier alpha value is -4.56. The predicted octanol–water partition coefficient (Wildman–Crippen LogP) is 6.80. The van der Waals surface area contributed by atoms with Crippen LogP contribution < -0.4 is 20.3 Å². The van der Waals surface area contributed by atoms with Crippen LogP contribution >= 0.6 is 23.4 Å². The minimum Gasteiger partial charge on any atom is -0.506 e. The Bertz CT molecular complexity index is 1910. The number of hydrogen-bond acceptors (Lipinski definition) is 10. The van der Waals surface area contributed by atoms with Crippen molar-refractivity contribution in [2.75, 3.05) is 43.2 Å². The zero-order valence-corrected chi connectivity index (χ0v) is 29.0. The number of thioether (sulfide) groups is 1. The van der Waals surface area contributed by atoms with Crippen LogP contribution in [0.3, 0.4) is 0 Å². The van der Waals surface area contributed by atoms with Gasteiger partial charge in [0.15, 0.2) is 5.50 Å². The summed E-state index contributed by atoms with van der Waals surface area (Å²) in [4.78, 5) is 20.7. The van der Waals surface area contributed by atoms with Gasteiger partial charge in [-0.05, 0) is 36.4 Å². The molecule has 1 saturated heterocycles. The molecule has 14 heteroatoms. The topological polar surface area (TPSA) is 128 Å². The van der Waals surface area contributed by atoms with Crippen molar-refractivity contribution in [1.82, 2.24) is 24.9 Å². The molecule has 7 rings (SSSR count). The number of carbonyl (C=O) groups excluding carboxylic acids is 1. The summed E-state index contributed by atoms with van der Waals surface area (Å²) in [7, 11) is 0. The lowest BCUT2D eigenvalue weighted by Crippen LogP contribution is -2.45. The fourth-order valence-corrected chi connectivity index (χ4v) is 7.23. The third-order valence-corrected chi connectivity index (χ3v) is 10.1. The zero-order valence-electron chi connectivity index (χ0n) is 27.4. The summed E-state index contributed by atoms with van der Waals surface area (Å²) in [5.74, 6) is 1.82. The van der Waals surface area contributed by atoms with Crippen LogP contribution in [0.15, 0.2) is 83.7 Å². The van der Waals surface area contributed by atoms with E-state index in [1.807, 2.05) is 74.2 Å². The fraction of sp³-hybridized carbons (Fsp3) is 0.314. The quantitative estimate of drug-likeness (QED) is 0.156. The minimum atomic E-state index is -0.431. The van der Waals surface area contributed by atoms with E-state index in [2.05, 4.69) is 20.4 Å². The Morgan fingerprint density at radius 2 is 1.88 bits per heavy atom. The number of aliphatic hydroxyl groups is 1. The van der Waals surface area contributed by atoms with Crippen molar-refractivity contribution in [1.29, 1.82) is 0 Å². The van der Waals surface area contributed by atoms with E-state index in [-0.39, 0.29) is 34.1 Å². The van der Waals surface area contributed by atoms with Gasteiger partial charge in [0, 0.05) is 47.6 Å². The van der Waals surface area contributed by atoms with Crippen molar-refractivity contribution in [3.05, 3.63) is 95.1 Å². The maximum Gasteiger partial charge on any atom is 0.320 e. The van der Waals surface area contributed by atoms with Crippen molar-refractivity contribution < 1.29 is 24.5 Å². The summed E-state index contributed by atoms with van der Waals surface area (Å²) in [5.41, 5.74) is 2.66. The molecule has 0 aliphatic carbocycles. The molecule has 0 radical (unpaired) electrons. The van der Waals surface area contributed by atoms with Gasteiger partial charge in [-0.15, -0.1) is 0 Å². The molecule has 1 fully saturated rings. The molecule has 1 aromatic heterocycles. The molecule has 49 heavy (non-hydrogen) atoms. The summed E-state index contributed by atoms with van der Waals surface area (Å²) in [6, 6.07) is 19.5. The van der Waals surface area contributed by atoms with E-state index in [1.165, 1.54) is 6.07 Å². The molecule has 4 N–H and O–H groups in total. The molecular weight excluding hydrogens is 666 g/mol. The number of fused-ring (bicyclic) bond motifs is 3. The number of nitrogens with zero attached hydrogens (tertiary/aromatic N) is 5. The van der Waals surface area contributed by atoms with Gasteiger partial charge < -0.3 is 29.9 Å². The van der Waals surface area contributed by atoms with Gasteiger partial charge in [0.25, 0.3) is 0 Å². The van der Waals surface area contributed by atoms with Crippen molar-refractivity contribution >= 4 is 40.9 Å². The maximum absolute atomic E-state index is 13.2. The second-order valence-electron chi connectivity index (χ2n) is 13.0. The Labute approximate surface area is 293 Å². The van der Waals surface area contributed by atoms with E-state index >= 15 is 0 Å². The van der Waals surface area contributed by atoms with Crippen LogP contribution in [-0.4, -0.2) is 74.3 Å². The number of ether oxygens (including phenoxy) is 2. The number of nitrogens with one attached hydrogen (secondary N) is 2. The highest BCUT2D eigenvalue weighted by atomic mass is 35.5. The molecule has 0 saturated carbocycles. The lowest BCUT2D eigenvalue weighted by atomic mass is 9.92. The average Bonchev–Trinajstić information content (AvgIpc) is 3.76. The molecule has 4 heterocycles. The number of amides is 2. The van der Waals surface area contributed by atoms with E-state index in [9.17, 15) is 15.0 Å². The van der Waals surface area contributed by atoms with Crippen molar-refractivity contribution in [2.45, 2.75) is 43.1 Å². The van der Waals surface area contributed by atoms with E-state index < -0.39 is 6.03 Å². The molecule has 12 nitrogen and oxygen atoms in total. The highest BCUT2D eigenvalue weighted by Crippen LogP contribution is 2.50. The normalized spacial score (nSPS) is 17.5. The molecule has 1 atom stereocenters. The number of carbonyl (C=O) groups is 1. The predicted molar refractivity (Wildman–Crippen MR) is 190 cm³/mol. The number of halogens is 1. The number of phenolic OH excluding ortho intramolecular Hbond substituents is 1. The number of morpholine rings is 1. The molecule has 256 valence electrons. The highest BCUT2D eigenvalue weighted by molar-refractivity contribution is 8.00. The third-order valence-electron chi connectivity index (χ3n) is 8.46. The van der Waals surface area contributed by atoms with Crippen LogP contribution in [0.5, 0.6) is 17.2 Å². The summed E-state index contributed by atoms with van der Waals surface area (Å²) in [5, 5.41) is 31.6. The first-order valence-electron chi connectivity index (χ1n) is 16.0. The first-order chi connectivity index (χ1) is 23.5. The monoisotopic (exact) mass is 703 g/mol. The molecule has 3 aromatic carbocycles. The lowest BCUT2D eigenvalue weighted by molar-refractivity contribution is 0.0183. The van der Waals surface area contributed by atoms with Gasteiger partial charge in [-0.3, -0.25) is 15.1 Å². The number of aliphatic hydroxyl groups excluding tert-OH is 1. The SMILES string of the molecule is CC(C)(C)c1cc(NC(=O)NCc2ccccc2Oc2ccc3c(c2)N2C(O)=CN(CN4CCOCC4)C2S3)n(-c2ccc(O)c(Cl)c2)n1. The number of aromatic hydroxyl groups is 1. The van der Waals surface area contributed by atoms with Gasteiger partial charge in [-0.2, -0.15) is 5.10 Å². The number of urea groups is 1. The number of hydrogen-bond donors (Lipinski definition) is 4. The summed E-state index contributed by atoms with van der Waals surface area (Å²) >= 11 is 7.87. The Morgan fingerprint density at radius 3 is 2.65 bits per heavy atom. The summed E-state index contributed by atoms with van der Waals surface area (Å²) in [6.45, 7) is 10.2. The minimum absolute atomic E-state index is 0.0399. The molecule has 0 bridgehead atoms. The van der Waals surface area contributed by atoms with Crippen LogP contribution in [0.4, 0.5) is 16.3 Å². The Balaban J connectivity index is 1.03. The summed E-state index contributed by atoms with van der Waals surface area (Å²) < 4.78 is 13.4. The van der Waals surface area contributed by atoms with Crippen molar-refractivity contribution in [3.63, 3.8) is 0 Å². The van der Waals surface area contributed by atoms with Crippen molar-refractivity contribution in [3.8, 4) is 22.9 Å². The number of anilines is 2. The lowest BCUT2D eigenvalue weighted by Gasteiger charge is -2.33. The third kappa shape index (κ3) is 6.97. The number of phenols is 1. The molecular formula is C35H38ClN7O5S. The van der Waals surface area contributed by atoms with Crippen LogP contribution in [0, 0.1) is 0 Å². The van der Waals surface area contributed by atoms with E-state index in [0.29, 0.717) is 42.9 Å². The largest absolute Gasteiger partial charge is 0.506 e. The molecule has 2 amide bonds. The molecule has 3 aliphatic heterocycles. The van der Waals surface area contributed by atoms with E-state index in [1.54, 1.807) is 34.8 Å². The molecule has 0 spiro atoms. The first kappa shape index (κ1) is 33.0. The van der Waals surface area contributed by atoms with E-state index in [0.717, 1.165) is 34.9 Å². The number of benzene rings is 3. The van der Waals surface area contributed by atoms with Crippen LogP contribution in [0.25, 0.3) is 5.69 Å². The average molecular weight is 704 g/mol. The second-order valence-corrected chi connectivity index (χ2v) is 14.6. The van der Waals surface area contributed by atoms with Gasteiger partial charge >= 0.3 is 6.03 Å². The van der Waals surface area contributed by atoms with E-state index in [4.69, 9.17) is 26.2 Å². The Kier molecular flexibility index (Phi) is 9.01. The zero-order chi connectivity index (χ0) is 34.3. The smallest absolute Gasteiger partial charge is 0.320 e. The first-order valence-corrected chi connectivity index (χ1v) is 17.3. The van der Waals surface area contributed by atoms with Gasteiger partial charge in [-0.1, -0.05) is 62.3 Å². The van der Waals surface area contributed by atoms with Crippen molar-refractivity contribution in [2.24, 2.45) is 0 Å². The number of para-hydroxylation sites is 1.